The molecule has 0 radical (unpaired) electrons. The SMILES string of the molecule is O=C(NC1CC1)c1ccc(CN(C2CC2)S(=O)(=O)c2ccc(F)cc2F)cc1. The second kappa shape index (κ2) is 7.25. The van der Waals surface area contributed by atoms with Crippen LogP contribution in [-0.2, 0) is 16.6 Å². The second-order valence-electron chi connectivity index (χ2n) is 7.30. The minimum atomic E-state index is -4.11. The summed E-state index contributed by atoms with van der Waals surface area (Å²) in [4.78, 5) is 11.5. The van der Waals surface area contributed by atoms with E-state index in [1.165, 1.54) is 4.31 Å². The third-order valence-electron chi connectivity index (χ3n) is 4.90. The summed E-state index contributed by atoms with van der Waals surface area (Å²) < 4.78 is 54.4. The van der Waals surface area contributed by atoms with Gasteiger partial charge in [0.05, 0.1) is 0 Å². The molecule has 148 valence electrons. The fourth-order valence-electron chi connectivity index (χ4n) is 3.02. The summed E-state index contributed by atoms with van der Waals surface area (Å²) in [6.45, 7) is 0.0638. The molecule has 2 aliphatic rings. The first-order valence-corrected chi connectivity index (χ1v) is 10.7. The average molecular weight is 406 g/mol. The number of amides is 1. The van der Waals surface area contributed by atoms with Crippen molar-refractivity contribution in [3.8, 4) is 0 Å². The monoisotopic (exact) mass is 406 g/mol. The summed E-state index contributed by atoms with van der Waals surface area (Å²) in [7, 11) is -4.11. The van der Waals surface area contributed by atoms with Crippen LogP contribution in [0.3, 0.4) is 0 Å². The van der Waals surface area contributed by atoms with Crippen molar-refractivity contribution in [1.29, 1.82) is 0 Å². The fraction of sp³-hybridized carbons (Fsp3) is 0.350. The van der Waals surface area contributed by atoms with Crippen LogP contribution >= 0.6 is 0 Å². The first-order valence-electron chi connectivity index (χ1n) is 9.21. The van der Waals surface area contributed by atoms with E-state index in [-0.39, 0.29) is 24.5 Å². The zero-order chi connectivity index (χ0) is 19.9. The van der Waals surface area contributed by atoms with Gasteiger partial charge in [0.25, 0.3) is 5.91 Å². The highest BCUT2D eigenvalue weighted by molar-refractivity contribution is 7.89. The van der Waals surface area contributed by atoms with E-state index in [0.29, 0.717) is 30.0 Å². The van der Waals surface area contributed by atoms with Crippen molar-refractivity contribution in [1.82, 2.24) is 9.62 Å². The normalized spacial score (nSPS) is 17.0. The zero-order valence-electron chi connectivity index (χ0n) is 15.1. The van der Waals surface area contributed by atoms with Gasteiger partial charge in [-0.25, -0.2) is 17.2 Å². The number of hydrogen-bond acceptors (Lipinski definition) is 3. The highest BCUT2D eigenvalue weighted by atomic mass is 32.2. The van der Waals surface area contributed by atoms with Gasteiger partial charge in [0.15, 0.2) is 0 Å². The van der Waals surface area contributed by atoms with Crippen LogP contribution in [0.4, 0.5) is 8.78 Å². The Morgan fingerprint density at radius 3 is 2.29 bits per heavy atom. The Labute approximate surface area is 162 Å². The molecular weight excluding hydrogens is 386 g/mol. The number of rotatable bonds is 7. The Kier molecular flexibility index (Phi) is 4.93. The molecule has 2 aliphatic carbocycles. The van der Waals surface area contributed by atoms with Crippen LogP contribution in [-0.4, -0.2) is 30.7 Å². The molecule has 4 rings (SSSR count). The molecule has 0 saturated heterocycles. The summed E-state index contributed by atoms with van der Waals surface area (Å²) in [6.07, 6.45) is 3.39. The molecule has 2 aromatic rings. The third kappa shape index (κ3) is 4.07. The molecule has 28 heavy (non-hydrogen) atoms. The summed E-state index contributed by atoms with van der Waals surface area (Å²) in [5.41, 5.74) is 1.21. The van der Waals surface area contributed by atoms with Gasteiger partial charge in [0, 0.05) is 30.3 Å². The molecular formula is C20H20F2N2O3S. The van der Waals surface area contributed by atoms with Crippen molar-refractivity contribution in [3.63, 3.8) is 0 Å². The molecule has 0 spiro atoms. The van der Waals surface area contributed by atoms with E-state index in [0.717, 1.165) is 25.0 Å². The van der Waals surface area contributed by atoms with Gasteiger partial charge in [-0.15, -0.1) is 0 Å². The Balaban J connectivity index is 1.54. The van der Waals surface area contributed by atoms with Crippen molar-refractivity contribution in [2.24, 2.45) is 0 Å². The number of carbonyl (C=O) groups excluding carboxylic acids is 1. The molecule has 1 amide bonds. The summed E-state index contributed by atoms with van der Waals surface area (Å²) in [5, 5.41) is 2.90. The minimum absolute atomic E-state index is 0.0638. The van der Waals surface area contributed by atoms with E-state index in [4.69, 9.17) is 0 Å². The smallest absolute Gasteiger partial charge is 0.251 e. The lowest BCUT2D eigenvalue weighted by molar-refractivity contribution is 0.0951. The van der Waals surface area contributed by atoms with Crippen LogP contribution in [0.5, 0.6) is 0 Å². The van der Waals surface area contributed by atoms with Gasteiger partial charge < -0.3 is 5.32 Å². The number of nitrogens with zero attached hydrogens (tertiary/aromatic N) is 1. The van der Waals surface area contributed by atoms with Crippen LogP contribution in [0.15, 0.2) is 47.4 Å². The van der Waals surface area contributed by atoms with E-state index < -0.39 is 26.6 Å². The van der Waals surface area contributed by atoms with Crippen molar-refractivity contribution in [2.45, 2.75) is 49.2 Å². The van der Waals surface area contributed by atoms with Crippen LogP contribution in [0.1, 0.15) is 41.6 Å². The first-order chi connectivity index (χ1) is 13.3. The number of carbonyl (C=O) groups is 1. The summed E-state index contributed by atoms with van der Waals surface area (Å²) in [5.74, 6) is -2.07. The Morgan fingerprint density at radius 2 is 1.71 bits per heavy atom. The highest BCUT2D eigenvalue weighted by Gasteiger charge is 2.39. The van der Waals surface area contributed by atoms with Gasteiger partial charge >= 0.3 is 0 Å². The van der Waals surface area contributed by atoms with Crippen molar-refractivity contribution >= 4 is 15.9 Å². The molecule has 0 aromatic heterocycles. The minimum Gasteiger partial charge on any atom is -0.349 e. The van der Waals surface area contributed by atoms with Crippen molar-refractivity contribution < 1.29 is 22.0 Å². The standard InChI is InChI=1S/C20H20F2N2O3S/c21-15-5-10-19(18(22)11-15)28(26,27)24(17-8-9-17)12-13-1-3-14(4-2-13)20(25)23-16-6-7-16/h1-5,10-11,16-17H,6-9,12H2,(H,23,25). The van der Waals surface area contributed by atoms with Gasteiger partial charge in [-0.3, -0.25) is 4.79 Å². The molecule has 5 nitrogen and oxygen atoms in total. The molecule has 0 atom stereocenters. The zero-order valence-corrected chi connectivity index (χ0v) is 15.9. The Bertz CT molecular complexity index is 1000. The molecule has 0 bridgehead atoms. The van der Waals surface area contributed by atoms with Gasteiger partial charge in [0.1, 0.15) is 16.5 Å². The molecule has 2 aromatic carbocycles. The van der Waals surface area contributed by atoms with Crippen LogP contribution in [0.2, 0.25) is 0 Å². The lowest BCUT2D eigenvalue weighted by Crippen LogP contribution is -2.33. The van der Waals surface area contributed by atoms with E-state index in [9.17, 15) is 22.0 Å². The van der Waals surface area contributed by atoms with Crippen molar-refractivity contribution in [3.05, 3.63) is 65.2 Å². The van der Waals surface area contributed by atoms with Gasteiger partial charge in [-0.05, 0) is 55.5 Å². The van der Waals surface area contributed by atoms with E-state index >= 15 is 0 Å². The molecule has 8 heteroatoms. The topological polar surface area (TPSA) is 66.5 Å². The molecule has 1 N–H and O–H groups in total. The van der Waals surface area contributed by atoms with Crippen LogP contribution in [0.25, 0.3) is 0 Å². The molecule has 2 fully saturated rings. The Hall–Kier alpha value is -2.32. The maximum absolute atomic E-state index is 14.1. The number of hydrogen-bond donors (Lipinski definition) is 1. The number of halogens is 2. The summed E-state index contributed by atoms with van der Waals surface area (Å²) >= 11 is 0. The largest absolute Gasteiger partial charge is 0.349 e. The lowest BCUT2D eigenvalue weighted by atomic mass is 10.1. The number of sulfonamides is 1. The van der Waals surface area contributed by atoms with E-state index in [2.05, 4.69) is 5.32 Å². The maximum atomic E-state index is 14.1. The molecule has 0 aliphatic heterocycles. The second-order valence-corrected chi connectivity index (χ2v) is 9.16. The lowest BCUT2D eigenvalue weighted by Gasteiger charge is -2.22. The molecule has 0 heterocycles. The van der Waals surface area contributed by atoms with Gasteiger partial charge in [-0.2, -0.15) is 4.31 Å². The highest BCUT2D eigenvalue weighted by Crippen LogP contribution is 2.34. The fourth-order valence-corrected chi connectivity index (χ4v) is 4.74. The van der Waals surface area contributed by atoms with Gasteiger partial charge in [-0.1, -0.05) is 12.1 Å². The van der Waals surface area contributed by atoms with Crippen molar-refractivity contribution in [2.75, 3.05) is 0 Å². The van der Waals surface area contributed by atoms with E-state index in [1.807, 2.05) is 0 Å². The Morgan fingerprint density at radius 1 is 1.04 bits per heavy atom. The summed E-state index contributed by atoms with van der Waals surface area (Å²) in [6, 6.07) is 9.24. The number of benzene rings is 2. The average Bonchev–Trinajstić information content (AvgIpc) is 3.54. The molecule has 0 unspecified atom stereocenters. The van der Waals surface area contributed by atoms with E-state index in [1.54, 1.807) is 24.3 Å². The molecule has 2 saturated carbocycles. The predicted octanol–water partition coefficient (Wildman–Crippen LogP) is 3.21. The predicted molar refractivity (Wildman–Crippen MR) is 99.0 cm³/mol. The van der Waals surface area contributed by atoms with Crippen LogP contribution < -0.4 is 5.32 Å². The van der Waals surface area contributed by atoms with Gasteiger partial charge in [0.2, 0.25) is 10.0 Å². The maximum Gasteiger partial charge on any atom is 0.251 e. The first kappa shape index (κ1) is 19.0. The number of nitrogens with one attached hydrogen (secondary N) is 1. The third-order valence-corrected chi connectivity index (χ3v) is 6.83. The van der Waals surface area contributed by atoms with Crippen LogP contribution in [0, 0.1) is 11.6 Å². The quantitative estimate of drug-likeness (QED) is 0.768.